The highest BCUT2D eigenvalue weighted by molar-refractivity contribution is 7.08. The van der Waals surface area contributed by atoms with E-state index in [1.54, 1.807) is 4.90 Å². The minimum atomic E-state index is -1.10. The van der Waals surface area contributed by atoms with Gasteiger partial charge in [0.05, 0.1) is 12.1 Å². The molecule has 0 bridgehead atoms. The van der Waals surface area contributed by atoms with Crippen LogP contribution in [-0.2, 0) is 4.79 Å². The number of carbonyl (C=O) groups is 2. The van der Waals surface area contributed by atoms with Crippen molar-refractivity contribution in [3.8, 4) is 0 Å². The molecule has 6 nitrogen and oxygen atoms in total. The molecule has 2 heterocycles. The number of nitrogens with zero attached hydrogens (tertiary/aromatic N) is 1. The standard InChI is InChI=1S/C17H26N2O4S/c1-10-8-24-9-11(10)15(21)12-5-6-14(20)19(12)7-13(17(2,3)4)18-16(22)23/h8-9,12-13,15,18,21H,5-7H2,1-4H3,(H,22,23)/t12?,13?,15-/m1/s1. The zero-order valence-corrected chi connectivity index (χ0v) is 15.4. The zero-order valence-electron chi connectivity index (χ0n) is 14.6. The molecule has 1 aliphatic heterocycles. The number of aliphatic hydroxyl groups is 1. The van der Waals surface area contributed by atoms with Crippen molar-refractivity contribution < 1.29 is 19.8 Å². The predicted molar refractivity (Wildman–Crippen MR) is 93.2 cm³/mol. The number of aliphatic hydroxyl groups excluding tert-OH is 1. The second-order valence-electron chi connectivity index (χ2n) is 7.48. The van der Waals surface area contributed by atoms with Crippen molar-refractivity contribution in [2.75, 3.05) is 6.54 Å². The third-order valence-corrected chi connectivity index (χ3v) is 5.55. The number of nitrogens with one attached hydrogen (secondary N) is 1. The van der Waals surface area contributed by atoms with E-state index in [1.807, 2.05) is 38.5 Å². The van der Waals surface area contributed by atoms with Crippen LogP contribution in [0.2, 0.25) is 0 Å². The van der Waals surface area contributed by atoms with Crippen LogP contribution in [0, 0.1) is 12.3 Å². The minimum Gasteiger partial charge on any atom is -0.465 e. The Hall–Kier alpha value is -1.60. The highest BCUT2D eigenvalue weighted by atomic mass is 32.1. The van der Waals surface area contributed by atoms with Gasteiger partial charge in [0.1, 0.15) is 6.10 Å². The molecule has 2 amide bonds. The molecule has 1 saturated heterocycles. The number of likely N-dealkylation sites (tertiary alicyclic amines) is 1. The number of carboxylic acid groups (broad SMARTS) is 1. The van der Waals surface area contributed by atoms with E-state index in [1.165, 1.54) is 11.3 Å². The highest BCUT2D eigenvalue weighted by Crippen LogP contribution is 2.34. The zero-order chi connectivity index (χ0) is 18.1. The second-order valence-corrected chi connectivity index (χ2v) is 8.22. The van der Waals surface area contributed by atoms with Crippen molar-refractivity contribution in [2.24, 2.45) is 5.41 Å². The smallest absolute Gasteiger partial charge is 0.404 e. The summed E-state index contributed by atoms with van der Waals surface area (Å²) in [4.78, 5) is 25.1. The Bertz CT molecular complexity index is 608. The number of aryl methyl sites for hydroxylation is 1. The van der Waals surface area contributed by atoms with Crippen LogP contribution in [-0.4, -0.2) is 45.7 Å². The van der Waals surface area contributed by atoms with Gasteiger partial charge in [0.25, 0.3) is 0 Å². The second kappa shape index (κ2) is 7.11. The van der Waals surface area contributed by atoms with Crippen LogP contribution in [0.4, 0.5) is 4.79 Å². The van der Waals surface area contributed by atoms with Gasteiger partial charge >= 0.3 is 6.09 Å². The summed E-state index contributed by atoms with van der Waals surface area (Å²) >= 11 is 1.53. The number of hydrogen-bond acceptors (Lipinski definition) is 4. The van der Waals surface area contributed by atoms with Crippen molar-refractivity contribution in [1.29, 1.82) is 0 Å². The van der Waals surface area contributed by atoms with Crippen LogP contribution in [0.5, 0.6) is 0 Å². The first-order chi connectivity index (χ1) is 11.1. The summed E-state index contributed by atoms with van der Waals surface area (Å²) in [6.07, 6.45) is -0.880. The molecular weight excluding hydrogens is 328 g/mol. The fourth-order valence-electron chi connectivity index (χ4n) is 3.08. The van der Waals surface area contributed by atoms with Crippen molar-refractivity contribution >= 4 is 23.3 Å². The lowest BCUT2D eigenvalue weighted by atomic mass is 9.86. The van der Waals surface area contributed by atoms with Gasteiger partial charge in [0, 0.05) is 13.0 Å². The largest absolute Gasteiger partial charge is 0.465 e. The van der Waals surface area contributed by atoms with Crippen LogP contribution < -0.4 is 5.32 Å². The first kappa shape index (κ1) is 18.7. The van der Waals surface area contributed by atoms with E-state index in [-0.39, 0.29) is 23.9 Å². The minimum absolute atomic E-state index is 0.0339. The molecule has 1 aliphatic rings. The molecule has 0 aromatic carbocycles. The quantitative estimate of drug-likeness (QED) is 0.758. The Morgan fingerprint density at radius 3 is 2.62 bits per heavy atom. The van der Waals surface area contributed by atoms with Crippen molar-refractivity contribution in [3.63, 3.8) is 0 Å². The topological polar surface area (TPSA) is 89.9 Å². The van der Waals surface area contributed by atoms with E-state index >= 15 is 0 Å². The summed E-state index contributed by atoms with van der Waals surface area (Å²) in [6, 6.07) is -0.721. The first-order valence-corrected chi connectivity index (χ1v) is 9.05. The molecule has 1 fully saturated rings. The Morgan fingerprint density at radius 2 is 2.12 bits per heavy atom. The monoisotopic (exact) mass is 354 g/mol. The van der Waals surface area contributed by atoms with Crippen molar-refractivity contribution in [3.05, 3.63) is 21.9 Å². The van der Waals surface area contributed by atoms with Gasteiger partial charge in [0.2, 0.25) is 5.91 Å². The van der Waals surface area contributed by atoms with Gasteiger partial charge in [0.15, 0.2) is 0 Å². The fourth-order valence-corrected chi connectivity index (χ4v) is 3.96. The van der Waals surface area contributed by atoms with E-state index in [2.05, 4.69) is 5.32 Å². The molecule has 1 aromatic rings. The Balaban J connectivity index is 2.20. The summed E-state index contributed by atoms with van der Waals surface area (Å²) in [5.74, 6) is -0.0339. The maximum Gasteiger partial charge on any atom is 0.404 e. The summed E-state index contributed by atoms with van der Waals surface area (Å²) in [5, 5.41) is 26.2. The van der Waals surface area contributed by atoms with Crippen molar-refractivity contribution in [2.45, 2.75) is 58.7 Å². The lowest BCUT2D eigenvalue weighted by Gasteiger charge is -2.37. The van der Waals surface area contributed by atoms with E-state index in [0.717, 1.165) is 11.1 Å². The molecule has 0 radical (unpaired) electrons. The van der Waals surface area contributed by atoms with Crippen LogP contribution in [0.15, 0.2) is 10.8 Å². The third kappa shape index (κ3) is 4.08. The van der Waals surface area contributed by atoms with Crippen LogP contribution >= 0.6 is 11.3 Å². The molecule has 0 saturated carbocycles. The van der Waals surface area contributed by atoms with Crippen LogP contribution in [0.25, 0.3) is 0 Å². The number of hydrogen-bond donors (Lipinski definition) is 3. The number of thiophene rings is 1. The summed E-state index contributed by atoms with van der Waals surface area (Å²) in [6.45, 7) is 8.01. The lowest BCUT2D eigenvalue weighted by molar-refractivity contribution is -0.131. The Labute approximate surface area is 146 Å². The van der Waals surface area contributed by atoms with E-state index in [4.69, 9.17) is 5.11 Å². The number of carbonyl (C=O) groups excluding carboxylic acids is 1. The Morgan fingerprint density at radius 1 is 1.46 bits per heavy atom. The maximum absolute atomic E-state index is 12.3. The lowest BCUT2D eigenvalue weighted by Crippen LogP contribution is -2.53. The first-order valence-electron chi connectivity index (χ1n) is 8.11. The molecular formula is C17H26N2O4S. The summed E-state index contributed by atoms with van der Waals surface area (Å²) in [7, 11) is 0. The molecule has 0 aliphatic carbocycles. The van der Waals surface area contributed by atoms with E-state index in [9.17, 15) is 14.7 Å². The van der Waals surface area contributed by atoms with E-state index in [0.29, 0.717) is 12.8 Å². The van der Waals surface area contributed by atoms with Gasteiger partial charge in [-0.2, -0.15) is 11.3 Å². The van der Waals surface area contributed by atoms with Crippen LogP contribution in [0.3, 0.4) is 0 Å². The molecule has 7 heteroatoms. The number of amides is 2. The third-order valence-electron chi connectivity index (χ3n) is 4.68. The molecule has 134 valence electrons. The number of rotatable bonds is 5. The van der Waals surface area contributed by atoms with Gasteiger partial charge < -0.3 is 20.4 Å². The summed E-state index contributed by atoms with van der Waals surface area (Å²) < 4.78 is 0. The molecule has 2 rings (SSSR count). The summed E-state index contributed by atoms with van der Waals surface area (Å²) in [5.41, 5.74) is 1.53. The van der Waals surface area contributed by atoms with Crippen LogP contribution in [0.1, 0.15) is 50.8 Å². The normalized spacial score (nSPS) is 21.0. The highest BCUT2D eigenvalue weighted by Gasteiger charge is 2.40. The van der Waals surface area contributed by atoms with E-state index < -0.39 is 18.2 Å². The molecule has 0 spiro atoms. The maximum atomic E-state index is 12.3. The molecule has 2 unspecified atom stereocenters. The molecule has 1 aromatic heterocycles. The predicted octanol–water partition coefficient (Wildman–Crippen LogP) is 2.76. The Kier molecular flexibility index (Phi) is 5.55. The van der Waals surface area contributed by atoms with Gasteiger partial charge in [-0.1, -0.05) is 20.8 Å². The molecule has 3 atom stereocenters. The average Bonchev–Trinajstić information content (AvgIpc) is 3.03. The SMILES string of the molecule is Cc1cscc1[C@@H](O)C1CCC(=O)N1CC(NC(=O)O)C(C)(C)C. The fraction of sp³-hybridized carbons (Fsp3) is 0.647. The average molecular weight is 354 g/mol. The van der Waals surface area contributed by atoms with Crippen molar-refractivity contribution in [1.82, 2.24) is 10.2 Å². The van der Waals surface area contributed by atoms with Gasteiger partial charge in [-0.25, -0.2) is 4.79 Å². The van der Waals surface area contributed by atoms with Gasteiger partial charge in [-0.3, -0.25) is 4.79 Å². The molecule has 24 heavy (non-hydrogen) atoms. The molecule has 3 N–H and O–H groups in total. The van der Waals surface area contributed by atoms with Gasteiger partial charge in [-0.05, 0) is 40.6 Å². The van der Waals surface area contributed by atoms with Gasteiger partial charge in [-0.15, -0.1) is 0 Å².